The first-order valence-corrected chi connectivity index (χ1v) is 10.4. The number of carbonyl (C=O) groups is 2. The van der Waals surface area contributed by atoms with Crippen LogP contribution in [0.1, 0.15) is 38.8 Å². The van der Waals surface area contributed by atoms with Crippen LogP contribution in [0.25, 0.3) is 0 Å². The fraction of sp³-hybridized carbons (Fsp3) is 0.333. The van der Waals surface area contributed by atoms with Crippen molar-refractivity contribution >= 4 is 29.3 Å². The van der Waals surface area contributed by atoms with Gasteiger partial charge in [-0.2, -0.15) is 0 Å². The zero-order chi connectivity index (χ0) is 22.9. The number of hydrogen-bond donors (Lipinski definition) is 2. The van der Waals surface area contributed by atoms with E-state index in [4.69, 9.17) is 16.3 Å². The zero-order valence-electron chi connectivity index (χ0n) is 18.3. The number of hydrazine groups is 1. The lowest BCUT2D eigenvalue weighted by atomic mass is 10.1. The fourth-order valence-corrected chi connectivity index (χ4v) is 2.71. The predicted octanol–water partition coefficient (Wildman–Crippen LogP) is 4.63. The van der Waals surface area contributed by atoms with Gasteiger partial charge in [-0.15, -0.1) is 0 Å². The summed E-state index contributed by atoms with van der Waals surface area (Å²) in [4.78, 5) is 26.3. The Morgan fingerprint density at radius 1 is 1.10 bits per heavy atom. The van der Waals surface area contributed by atoms with Crippen molar-refractivity contribution in [1.82, 2.24) is 10.3 Å². The molecule has 0 aliphatic carbocycles. The highest BCUT2D eigenvalue weighted by molar-refractivity contribution is 6.30. The molecule has 0 spiro atoms. The molecular weight excluding hydrogens is 414 g/mol. The number of carbonyl (C=O) groups excluding carboxylic acids is 2. The van der Waals surface area contributed by atoms with Crippen molar-refractivity contribution in [1.29, 1.82) is 0 Å². The molecule has 164 valence electrons. The molecule has 0 saturated carbocycles. The molecule has 0 heterocycles. The number of nitrogens with one attached hydrogen (secondary N) is 2. The highest BCUT2D eigenvalue weighted by atomic mass is 35.5. The van der Waals surface area contributed by atoms with Crippen LogP contribution in [0, 0.1) is 11.8 Å². The van der Waals surface area contributed by atoms with Gasteiger partial charge in [-0.1, -0.05) is 48.6 Å². The van der Waals surface area contributed by atoms with Gasteiger partial charge in [-0.3, -0.25) is 20.5 Å². The van der Waals surface area contributed by atoms with E-state index >= 15 is 0 Å². The number of para-hydroxylation sites is 1. The maximum absolute atomic E-state index is 12.6. The molecule has 2 aromatic carbocycles. The second-order valence-electron chi connectivity index (χ2n) is 7.83. The molecule has 2 N–H and O–H groups in total. The minimum Gasteiger partial charge on any atom is -0.444 e. The molecule has 0 aliphatic heterocycles. The van der Waals surface area contributed by atoms with Crippen LogP contribution in [-0.2, 0) is 16.0 Å². The number of nitrogens with zero attached hydrogens (tertiary/aromatic N) is 1. The largest absolute Gasteiger partial charge is 0.444 e. The smallest absolute Gasteiger partial charge is 0.411 e. The van der Waals surface area contributed by atoms with Crippen LogP contribution in [0.4, 0.5) is 10.5 Å². The van der Waals surface area contributed by atoms with E-state index in [1.54, 1.807) is 45.0 Å². The minimum absolute atomic E-state index is 0.0382. The van der Waals surface area contributed by atoms with Gasteiger partial charge in [0.25, 0.3) is 5.91 Å². The molecule has 0 unspecified atom stereocenters. The summed E-state index contributed by atoms with van der Waals surface area (Å²) >= 11 is 5.88. The number of benzene rings is 2. The molecule has 0 aromatic heterocycles. The molecule has 7 heteroatoms. The van der Waals surface area contributed by atoms with Crippen LogP contribution in [0.15, 0.2) is 48.5 Å². The first-order valence-electron chi connectivity index (χ1n) is 10.0. The first kappa shape index (κ1) is 24.1. The van der Waals surface area contributed by atoms with Crippen LogP contribution < -0.4 is 10.9 Å². The molecule has 2 aromatic rings. The van der Waals surface area contributed by atoms with Gasteiger partial charge in [0.15, 0.2) is 0 Å². The summed E-state index contributed by atoms with van der Waals surface area (Å²) in [6.07, 6.45) is 0.214. The lowest BCUT2D eigenvalue weighted by molar-refractivity contribution is -0.121. The summed E-state index contributed by atoms with van der Waals surface area (Å²) in [5.74, 6) is 5.49. The molecule has 2 rings (SSSR count). The Morgan fingerprint density at radius 2 is 1.77 bits per heavy atom. The number of ether oxygens (including phenoxy) is 1. The second-order valence-corrected chi connectivity index (χ2v) is 8.27. The maximum Gasteiger partial charge on any atom is 0.411 e. The van der Waals surface area contributed by atoms with E-state index in [9.17, 15) is 9.59 Å². The maximum atomic E-state index is 12.6. The van der Waals surface area contributed by atoms with Gasteiger partial charge in [0.05, 0.1) is 12.2 Å². The Bertz CT molecular complexity index is 957. The van der Waals surface area contributed by atoms with Crippen LogP contribution >= 0.6 is 11.6 Å². The van der Waals surface area contributed by atoms with E-state index in [1.807, 2.05) is 31.2 Å². The van der Waals surface area contributed by atoms with E-state index in [2.05, 4.69) is 22.7 Å². The van der Waals surface area contributed by atoms with Crippen molar-refractivity contribution in [3.05, 3.63) is 64.7 Å². The normalized spacial score (nSPS) is 10.5. The minimum atomic E-state index is -0.687. The summed E-state index contributed by atoms with van der Waals surface area (Å²) < 4.78 is 5.42. The molecule has 0 fully saturated rings. The van der Waals surface area contributed by atoms with E-state index in [-0.39, 0.29) is 19.0 Å². The summed E-state index contributed by atoms with van der Waals surface area (Å²) in [6.45, 7) is 7.18. The standard InChI is InChI=1S/C24H28ClN3O3/c1-5-19-10-6-7-11-21(19)26-27-22(29)17-28(23(30)31-24(2,3)4)16-8-9-18-12-14-20(25)15-13-18/h6-7,10-15,26H,5,16-17H2,1-4H3,(H,27,29). The lowest BCUT2D eigenvalue weighted by Gasteiger charge is -2.26. The molecule has 31 heavy (non-hydrogen) atoms. The number of aryl methyl sites for hydroxylation is 1. The quantitative estimate of drug-likeness (QED) is 0.506. The van der Waals surface area contributed by atoms with Gasteiger partial charge < -0.3 is 4.74 Å². The monoisotopic (exact) mass is 441 g/mol. The Labute approximate surface area is 188 Å². The Kier molecular flexibility index (Phi) is 8.77. The SMILES string of the molecule is CCc1ccccc1NNC(=O)CN(CC#Cc1ccc(Cl)cc1)C(=O)OC(C)(C)C. The Morgan fingerprint density at radius 3 is 2.42 bits per heavy atom. The van der Waals surface area contributed by atoms with Crippen molar-refractivity contribution in [2.75, 3.05) is 18.5 Å². The number of anilines is 1. The van der Waals surface area contributed by atoms with Crippen molar-refractivity contribution in [2.24, 2.45) is 0 Å². The highest BCUT2D eigenvalue weighted by Crippen LogP contribution is 2.14. The molecule has 6 nitrogen and oxygen atoms in total. The van der Waals surface area contributed by atoms with E-state index in [0.717, 1.165) is 23.2 Å². The fourth-order valence-electron chi connectivity index (χ4n) is 2.58. The average Bonchev–Trinajstić information content (AvgIpc) is 2.71. The third kappa shape index (κ3) is 8.61. The van der Waals surface area contributed by atoms with Gasteiger partial charge in [0.1, 0.15) is 12.1 Å². The number of amides is 2. The van der Waals surface area contributed by atoms with Crippen LogP contribution in [0.3, 0.4) is 0 Å². The number of halogens is 1. The van der Waals surface area contributed by atoms with Gasteiger partial charge in [-0.25, -0.2) is 4.79 Å². The van der Waals surface area contributed by atoms with E-state index in [1.165, 1.54) is 4.90 Å². The lowest BCUT2D eigenvalue weighted by Crippen LogP contribution is -2.44. The van der Waals surface area contributed by atoms with Crippen LogP contribution in [-0.4, -0.2) is 35.6 Å². The van der Waals surface area contributed by atoms with Gasteiger partial charge in [0.2, 0.25) is 0 Å². The third-order valence-corrected chi connectivity index (χ3v) is 4.32. The Balaban J connectivity index is 2.04. The molecule has 0 aliphatic rings. The van der Waals surface area contributed by atoms with Crippen molar-refractivity contribution in [3.8, 4) is 11.8 Å². The molecule has 0 saturated heterocycles. The van der Waals surface area contributed by atoms with E-state index in [0.29, 0.717) is 5.02 Å². The highest BCUT2D eigenvalue weighted by Gasteiger charge is 2.23. The van der Waals surface area contributed by atoms with Crippen molar-refractivity contribution in [3.63, 3.8) is 0 Å². The summed E-state index contributed by atoms with van der Waals surface area (Å²) in [6, 6.07) is 14.7. The molecule has 2 amide bonds. The first-order chi connectivity index (χ1) is 14.7. The number of hydrogen-bond acceptors (Lipinski definition) is 4. The second kappa shape index (κ2) is 11.3. The third-order valence-electron chi connectivity index (χ3n) is 4.07. The van der Waals surface area contributed by atoms with Crippen LogP contribution in [0.5, 0.6) is 0 Å². The zero-order valence-corrected chi connectivity index (χ0v) is 19.0. The summed E-state index contributed by atoms with van der Waals surface area (Å²) in [5, 5.41) is 0.620. The summed E-state index contributed by atoms with van der Waals surface area (Å²) in [7, 11) is 0. The number of rotatable bonds is 6. The average molecular weight is 442 g/mol. The molecular formula is C24H28ClN3O3. The molecule has 0 radical (unpaired) electrons. The van der Waals surface area contributed by atoms with E-state index < -0.39 is 11.7 Å². The molecule has 0 bridgehead atoms. The van der Waals surface area contributed by atoms with Gasteiger partial charge in [-0.05, 0) is 63.1 Å². The molecule has 0 atom stereocenters. The predicted molar refractivity (Wildman–Crippen MR) is 124 cm³/mol. The van der Waals surface area contributed by atoms with Crippen molar-refractivity contribution < 1.29 is 14.3 Å². The van der Waals surface area contributed by atoms with Gasteiger partial charge >= 0.3 is 6.09 Å². The summed E-state index contributed by atoms with van der Waals surface area (Å²) in [5.41, 5.74) is 7.51. The van der Waals surface area contributed by atoms with Gasteiger partial charge in [0, 0.05) is 10.6 Å². The topological polar surface area (TPSA) is 70.7 Å². The van der Waals surface area contributed by atoms with Crippen LogP contribution in [0.2, 0.25) is 5.02 Å². The van der Waals surface area contributed by atoms with Crippen molar-refractivity contribution in [2.45, 2.75) is 39.7 Å². The Hall–Kier alpha value is -3.17.